The van der Waals surface area contributed by atoms with Crippen molar-refractivity contribution in [3.8, 4) is 5.75 Å². The molecule has 0 unspecified atom stereocenters. The molecule has 1 aromatic carbocycles. The van der Waals surface area contributed by atoms with Crippen LogP contribution in [0.5, 0.6) is 5.75 Å². The van der Waals surface area contributed by atoms with Crippen LogP contribution in [-0.2, 0) is 11.2 Å². The number of benzene rings is 1. The van der Waals surface area contributed by atoms with Gasteiger partial charge in [0.1, 0.15) is 5.75 Å². The Morgan fingerprint density at radius 2 is 2.36 bits per heavy atom. The molecule has 3 nitrogen and oxygen atoms in total. The summed E-state index contributed by atoms with van der Waals surface area (Å²) < 4.78 is 4.59. The van der Waals surface area contributed by atoms with Gasteiger partial charge in [0, 0.05) is 5.56 Å². The van der Waals surface area contributed by atoms with Crippen LogP contribution < -0.4 is 0 Å². The molecule has 0 saturated heterocycles. The monoisotopic (exact) mass is 192 g/mol. The molecule has 74 valence electrons. The number of phenolic OH excluding ortho intramolecular Hbond substituents is 1. The van der Waals surface area contributed by atoms with E-state index in [1.807, 2.05) is 0 Å². The third-order valence-corrected chi connectivity index (χ3v) is 1.91. The zero-order chi connectivity index (χ0) is 10.6. The number of ether oxygens (including phenoxy) is 1. The fraction of sp³-hybridized carbons (Fsp3) is 0.182. The van der Waals surface area contributed by atoms with Gasteiger partial charge in [-0.2, -0.15) is 0 Å². The number of aromatic hydroxyl groups is 1. The molecule has 0 aliphatic rings. The van der Waals surface area contributed by atoms with Crippen molar-refractivity contribution >= 4 is 5.97 Å². The second kappa shape index (κ2) is 4.46. The molecule has 0 atom stereocenters. The molecule has 0 aliphatic carbocycles. The minimum atomic E-state index is -0.447. The van der Waals surface area contributed by atoms with Crippen molar-refractivity contribution < 1.29 is 14.6 Å². The lowest BCUT2D eigenvalue weighted by Gasteiger charge is -2.07. The van der Waals surface area contributed by atoms with Crippen LogP contribution in [-0.4, -0.2) is 18.2 Å². The summed E-state index contributed by atoms with van der Waals surface area (Å²) in [6.45, 7) is 3.56. The van der Waals surface area contributed by atoms with Gasteiger partial charge in [-0.3, -0.25) is 0 Å². The van der Waals surface area contributed by atoms with Crippen molar-refractivity contribution in [3.05, 3.63) is 42.0 Å². The predicted molar refractivity (Wildman–Crippen MR) is 53.3 cm³/mol. The first-order chi connectivity index (χ1) is 6.70. The van der Waals surface area contributed by atoms with Crippen LogP contribution in [0.2, 0.25) is 0 Å². The highest BCUT2D eigenvalue weighted by Crippen LogP contribution is 2.22. The summed E-state index contributed by atoms with van der Waals surface area (Å²) in [6.07, 6.45) is 2.07. The summed E-state index contributed by atoms with van der Waals surface area (Å²) >= 11 is 0. The van der Waals surface area contributed by atoms with Gasteiger partial charge < -0.3 is 9.84 Å². The third kappa shape index (κ3) is 1.93. The molecule has 0 heterocycles. The first-order valence-electron chi connectivity index (χ1n) is 4.20. The van der Waals surface area contributed by atoms with Crippen LogP contribution in [0.3, 0.4) is 0 Å². The fourth-order valence-electron chi connectivity index (χ4n) is 1.23. The van der Waals surface area contributed by atoms with Crippen LogP contribution in [0.1, 0.15) is 15.9 Å². The van der Waals surface area contributed by atoms with Crippen molar-refractivity contribution in [1.82, 2.24) is 0 Å². The van der Waals surface area contributed by atoms with E-state index in [1.54, 1.807) is 18.2 Å². The van der Waals surface area contributed by atoms with E-state index >= 15 is 0 Å². The summed E-state index contributed by atoms with van der Waals surface area (Å²) in [4.78, 5) is 11.3. The Bertz CT molecular complexity index is 356. The average molecular weight is 192 g/mol. The Morgan fingerprint density at radius 3 is 2.93 bits per heavy atom. The van der Waals surface area contributed by atoms with Crippen LogP contribution in [0.25, 0.3) is 0 Å². The Balaban J connectivity index is 3.20. The molecular formula is C11H12O3. The largest absolute Gasteiger partial charge is 0.508 e. The molecule has 0 spiro atoms. The smallest absolute Gasteiger partial charge is 0.338 e. The van der Waals surface area contributed by atoms with E-state index in [0.29, 0.717) is 17.5 Å². The van der Waals surface area contributed by atoms with E-state index in [1.165, 1.54) is 13.2 Å². The lowest BCUT2D eigenvalue weighted by molar-refractivity contribution is 0.0599. The van der Waals surface area contributed by atoms with Crippen molar-refractivity contribution in [2.75, 3.05) is 7.11 Å². The molecule has 1 rings (SSSR count). The van der Waals surface area contributed by atoms with Gasteiger partial charge in [0.25, 0.3) is 0 Å². The summed E-state index contributed by atoms with van der Waals surface area (Å²) in [7, 11) is 1.31. The molecule has 14 heavy (non-hydrogen) atoms. The quantitative estimate of drug-likeness (QED) is 0.587. The molecule has 0 bridgehead atoms. The van der Waals surface area contributed by atoms with Gasteiger partial charge in [0.05, 0.1) is 12.7 Å². The van der Waals surface area contributed by atoms with Gasteiger partial charge in [-0.1, -0.05) is 12.1 Å². The van der Waals surface area contributed by atoms with Crippen LogP contribution >= 0.6 is 0 Å². The maximum atomic E-state index is 11.3. The Hall–Kier alpha value is -1.77. The number of rotatable bonds is 3. The van der Waals surface area contributed by atoms with E-state index < -0.39 is 5.97 Å². The Morgan fingerprint density at radius 1 is 1.64 bits per heavy atom. The van der Waals surface area contributed by atoms with Crippen molar-refractivity contribution in [2.24, 2.45) is 0 Å². The van der Waals surface area contributed by atoms with E-state index in [2.05, 4.69) is 11.3 Å². The first kappa shape index (κ1) is 10.3. The standard InChI is InChI=1S/C11H12O3/c1-3-5-8-9(11(13)14-2)6-4-7-10(8)12/h3-4,6-7,12H,1,5H2,2H3. The van der Waals surface area contributed by atoms with Crippen LogP contribution in [0.15, 0.2) is 30.9 Å². The number of methoxy groups -OCH3 is 1. The number of hydrogen-bond acceptors (Lipinski definition) is 3. The summed E-state index contributed by atoms with van der Waals surface area (Å²) in [5.41, 5.74) is 0.932. The summed E-state index contributed by atoms with van der Waals surface area (Å²) in [5, 5.41) is 9.51. The van der Waals surface area contributed by atoms with Gasteiger partial charge in [0.15, 0.2) is 0 Å². The maximum absolute atomic E-state index is 11.3. The summed E-state index contributed by atoms with van der Waals surface area (Å²) in [5.74, 6) is -0.356. The number of esters is 1. The fourth-order valence-corrected chi connectivity index (χ4v) is 1.23. The topological polar surface area (TPSA) is 46.5 Å². The second-order valence-electron chi connectivity index (χ2n) is 2.79. The molecule has 0 radical (unpaired) electrons. The number of carbonyl (C=O) groups is 1. The minimum absolute atomic E-state index is 0.0906. The second-order valence-corrected chi connectivity index (χ2v) is 2.79. The van der Waals surface area contributed by atoms with Crippen LogP contribution in [0, 0.1) is 0 Å². The molecule has 0 aromatic heterocycles. The Kier molecular flexibility index (Phi) is 3.29. The van der Waals surface area contributed by atoms with Gasteiger partial charge in [-0.15, -0.1) is 6.58 Å². The molecule has 0 aliphatic heterocycles. The van der Waals surface area contributed by atoms with Gasteiger partial charge in [-0.05, 0) is 18.6 Å². The zero-order valence-corrected chi connectivity index (χ0v) is 7.99. The normalized spacial score (nSPS) is 9.50. The molecule has 0 fully saturated rings. The third-order valence-electron chi connectivity index (χ3n) is 1.91. The number of phenols is 1. The van der Waals surface area contributed by atoms with Crippen molar-refractivity contribution in [1.29, 1.82) is 0 Å². The lowest BCUT2D eigenvalue weighted by atomic mass is 10.0. The lowest BCUT2D eigenvalue weighted by Crippen LogP contribution is -2.05. The average Bonchev–Trinajstić information content (AvgIpc) is 2.20. The van der Waals surface area contributed by atoms with Crippen molar-refractivity contribution in [3.63, 3.8) is 0 Å². The highest BCUT2D eigenvalue weighted by molar-refractivity contribution is 5.91. The predicted octanol–water partition coefficient (Wildman–Crippen LogP) is 1.91. The molecule has 3 heteroatoms. The molecule has 0 saturated carbocycles. The number of carbonyl (C=O) groups excluding carboxylic acids is 1. The van der Waals surface area contributed by atoms with E-state index in [4.69, 9.17) is 0 Å². The van der Waals surface area contributed by atoms with E-state index in [9.17, 15) is 9.90 Å². The van der Waals surface area contributed by atoms with Gasteiger partial charge >= 0.3 is 5.97 Å². The zero-order valence-electron chi connectivity index (χ0n) is 7.99. The molecule has 1 N–H and O–H groups in total. The first-order valence-corrected chi connectivity index (χ1v) is 4.20. The number of hydrogen-bond donors (Lipinski definition) is 1. The number of allylic oxidation sites excluding steroid dienone is 1. The minimum Gasteiger partial charge on any atom is -0.508 e. The van der Waals surface area contributed by atoms with Gasteiger partial charge in [-0.25, -0.2) is 4.79 Å². The summed E-state index contributed by atoms with van der Waals surface area (Å²) in [6, 6.07) is 4.75. The highest BCUT2D eigenvalue weighted by Gasteiger charge is 2.13. The Labute approximate surface area is 82.6 Å². The van der Waals surface area contributed by atoms with Crippen LogP contribution in [0.4, 0.5) is 0 Å². The molecule has 1 aromatic rings. The van der Waals surface area contributed by atoms with E-state index in [0.717, 1.165) is 0 Å². The SMILES string of the molecule is C=CCc1c(O)cccc1C(=O)OC. The van der Waals surface area contributed by atoms with Crippen molar-refractivity contribution in [2.45, 2.75) is 6.42 Å². The highest BCUT2D eigenvalue weighted by atomic mass is 16.5. The van der Waals surface area contributed by atoms with Gasteiger partial charge in [0.2, 0.25) is 0 Å². The van der Waals surface area contributed by atoms with E-state index in [-0.39, 0.29) is 5.75 Å². The maximum Gasteiger partial charge on any atom is 0.338 e. The molecule has 0 amide bonds. The molecular weight excluding hydrogens is 180 g/mol.